The summed E-state index contributed by atoms with van der Waals surface area (Å²) in [5, 5.41) is 11.7. The van der Waals surface area contributed by atoms with Crippen LogP contribution in [-0.4, -0.2) is 82.3 Å². The topological polar surface area (TPSA) is 111 Å². The number of carboxylic acid groups (broad SMARTS) is 1. The smallest absolute Gasteiger partial charge is 0.306 e. The highest BCUT2D eigenvalue weighted by molar-refractivity contribution is 5.70. The second kappa shape index (κ2) is 55.9. The van der Waals surface area contributed by atoms with Crippen LogP contribution in [0, 0.1) is 0 Å². The highest BCUT2D eigenvalue weighted by atomic mass is 16.7. The molecule has 2 unspecified atom stereocenters. The number of rotatable bonds is 53. The Hall–Kier alpha value is -4.31. The molecular weight excluding hydrogens is 935 g/mol. The molecule has 0 aromatic heterocycles. The Morgan fingerprint density at radius 1 is 0.413 bits per heavy atom. The minimum Gasteiger partial charge on any atom is -0.545 e. The number of carbonyl (C=O) groups excluding carboxylic acids is 3. The Kier molecular flexibility index (Phi) is 52.7. The third-order valence-corrected chi connectivity index (χ3v) is 12.2. The molecule has 0 aliphatic carbocycles. The summed E-state index contributed by atoms with van der Waals surface area (Å²) >= 11 is 0. The third kappa shape index (κ3) is 57.2. The van der Waals surface area contributed by atoms with E-state index >= 15 is 0 Å². The van der Waals surface area contributed by atoms with Gasteiger partial charge in [0, 0.05) is 12.8 Å². The Morgan fingerprint density at radius 3 is 1.15 bits per heavy atom. The molecule has 0 saturated heterocycles. The van der Waals surface area contributed by atoms with E-state index in [1.807, 2.05) is 21.1 Å². The predicted molar refractivity (Wildman–Crippen MR) is 315 cm³/mol. The zero-order chi connectivity index (χ0) is 54.8. The summed E-state index contributed by atoms with van der Waals surface area (Å²) in [6.07, 6.45) is 75.5. The van der Waals surface area contributed by atoms with Crippen molar-refractivity contribution in [3.8, 4) is 0 Å². The van der Waals surface area contributed by atoms with E-state index in [1.165, 1.54) is 57.8 Å². The fraction of sp³-hybridized carbons (Fsp3) is 0.652. The number of aliphatic carboxylic acids is 1. The lowest BCUT2D eigenvalue weighted by atomic mass is 10.0. The van der Waals surface area contributed by atoms with Crippen molar-refractivity contribution in [2.75, 3.05) is 47.5 Å². The van der Waals surface area contributed by atoms with Gasteiger partial charge in [0.25, 0.3) is 0 Å². The SMILES string of the molecule is CC/C=C\C/C=C\C/C=C\C/C=C\C/C=C\C/C=C\C/C=C\C/C=C\C/C=C\CCCCCCCCCCCCCC(=O)OC(COC(=O)CCCCCCC/C=C\CCCC)COC(OCC[N+](C)(C)C)C(=O)[O-]. The highest BCUT2D eigenvalue weighted by Crippen LogP contribution is 2.15. The molecule has 0 N–H and O–H groups in total. The molecule has 9 nitrogen and oxygen atoms in total. The minimum atomic E-state index is -1.63. The number of likely N-dealkylation sites (N-methyl/N-ethyl adjacent to an activating group) is 1. The zero-order valence-corrected chi connectivity index (χ0v) is 48.4. The van der Waals surface area contributed by atoms with Crippen LogP contribution in [0.1, 0.15) is 219 Å². The van der Waals surface area contributed by atoms with Gasteiger partial charge in [-0.3, -0.25) is 9.59 Å². The first-order valence-electron chi connectivity index (χ1n) is 29.7. The molecule has 0 heterocycles. The van der Waals surface area contributed by atoms with E-state index in [1.54, 1.807) is 0 Å². The van der Waals surface area contributed by atoms with Crippen molar-refractivity contribution in [1.29, 1.82) is 0 Å². The Bertz CT molecular complexity index is 1640. The van der Waals surface area contributed by atoms with Gasteiger partial charge in [0.1, 0.15) is 13.2 Å². The van der Waals surface area contributed by atoms with Gasteiger partial charge in [-0.25, -0.2) is 0 Å². The Morgan fingerprint density at radius 2 is 0.760 bits per heavy atom. The lowest BCUT2D eigenvalue weighted by Crippen LogP contribution is -2.44. The molecule has 0 fully saturated rings. The standard InChI is InChI=1S/C66H109NO8/c1-6-8-10-12-14-16-18-19-20-21-22-23-24-25-26-27-28-29-30-31-32-33-34-35-36-37-38-39-40-41-42-43-44-45-47-49-51-53-55-57-64(69)75-62(61-74-66(65(70)71)72-59-58-67(3,4)5)60-73-63(68)56-54-52-50-48-46-17-15-13-11-9-7-2/h8,10,13-16,19-20,22-23,25-26,28-29,31-32,34-35,37-38,62,66H,6-7,9,11-12,17-18,21,24,27,30,33,36,39-61H2,1-5H3/b10-8-,15-13-,16-14-,20-19-,23-22-,26-25-,29-28-,32-31-,35-34-,38-37-. The maximum Gasteiger partial charge on any atom is 0.306 e. The molecule has 75 heavy (non-hydrogen) atoms. The van der Waals surface area contributed by atoms with Crippen molar-refractivity contribution < 1.29 is 42.9 Å². The van der Waals surface area contributed by atoms with Crippen LogP contribution in [0.4, 0.5) is 0 Å². The van der Waals surface area contributed by atoms with E-state index in [0.29, 0.717) is 17.4 Å². The number of allylic oxidation sites excluding steroid dienone is 20. The summed E-state index contributed by atoms with van der Waals surface area (Å²) in [6.45, 7) is 4.56. The van der Waals surface area contributed by atoms with Crippen LogP contribution in [0.25, 0.3) is 0 Å². The first kappa shape index (κ1) is 70.7. The number of quaternary nitrogens is 1. The van der Waals surface area contributed by atoms with Crippen molar-refractivity contribution in [1.82, 2.24) is 0 Å². The first-order chi connectivity index (χ1) is 36.6. The molecule has 0 aromatic carbocycles. The molecule has 0 aliphatic rings. The molecule has 0 rings (SSSR count). The number of esters is 2. The molecule has 0 bridgehead atoms. The van der Waals surface area contributed by atoms with E-state index in [-0.39, 0.29) is 38.6 Å². The van der Waals surface area contributed by atoms with Crippen molar-refractivity contribution >= 4 is 17.9 Å². The van der Waals surface area contributed by atoms with Crippen molar-refractivity contribution in [3.63, 3.8) is 0 Å². The molecule has 0 aliphatic heterocycles. The van der Waals surface area contributed by atoms with Gasteiger partial charge in [0.2, 0.25) is 0 Å². The summed E-state index contributed by atoms with van der Waals surface area (Å²) in [7, 11) is 5.90. The van der Waals surface area contributed by atoms with Crippen molar-refractivity contribution in [3.05, 3.63) is 122 Å². The molecule has 9 heteroatoms. The second-order valence-corrected chi connectivity index (χ2v) is 20.5. The molecule has 0 radical (unpaired) electrons. The van der Waals surface area contributed by atoms with Crippen LogP contribution >= 0.6 is 0 Å². The van der Waals surface area contributed by atoms with Crippen LogP contribution in [0.2, 0.25) is 0 Å². The second-order valence-electron chi connectivity index (χ2n) is 20.5. The lowest BCUT2D eigenvalue weighted by molar-refractivity contribution is -0.870. The first-order valence-corrected chi connectivity index (χ1v) is 29.7. The number of nitrogens with zero attached hydrogens (tertiary/aromatic N) is 1. The minimum absolute atomic E-state index is 0.141. The van der Waals surface area contributed by atoms with E-state index in [2.05, 4.69) is 135 Å². The van der Waals surface area contributed by atoms with Gasteiger partial charge in [0.15, 0.2) is 12.4 Å². The van der Waals surface area contributed by atoms with Gasteiger partial charge >= 0.3 is 11.9 Å². The van der Waals surface area contributed by atoms with Gasteiger partial charge in [0.05, 0.1) is 40.3 Å². The zero-order valence-electron chi connectivity index (χ0n) is 48.4. The summed E-state index contributed by atoms with van der Waals surface area (Å²) in [5.41, 5.74) is 0. The third-order valence-electron chi connectivity index (χ3n) is 12.2. The van der Waals surface area contributed by atoms with Gasteiger partial charge in [-0.1, -0.05) is 225 Å². The van der Waals surface area contributed by atoms with Crippen LogP contribution < -0.4 is 5.11 Å². The molecular formula is C66H109NO8. The van der Waals surface area contributed by atoms with Crippen LogP contribution in [0.3, 0.4) is 0 Å². The number of carbonyl (C=O) groups is 3. The molecule has 0 saturated carbocycles. The average molecular weight is 1040 g/mol. The Balaban J connectivity index is 4.10. The van der Waals surface area contributed by atoms with Gasteiger partial charge in [-0.15, -0.1) is 0 Å². The lowest BCUT2D eigenvalue weighted by Gasteiger charge is -2.26. The van der Waals surface area contributed by atoms with Gasteiger partial charge in [-0.2, -0.15) is 0 Å². The van der Waals surface area contributed by atoms with Crippen molar-refractivity contribution in [2.45, 2.75) is 232 Å². The highest BCUT2D eigenvalue weighted by Gasteiger charge is 2.22. The fourth-order valence-corrected chi connectivity index (χ4v) is 7.63. The van der Waals surface area contributed by atoms with E-state index in [0.717, 1.165) is 128 Å². The largest absolute Gasteiger partial charge is 0.545 e. The maximum absolute atomic E-state index is 12.8. The molecule has 426 valence electrons. The van der Waals surface area contributed by atoms with Crippen LogP contribution in [-0.2, 0) is 33.3 Å². The van der Waals surface area contributed by atoms with E-state index in [9.17, 15) is 19.5 Å². The number of unbranched alkanes of at least 4 members (excludes halogenated alkanes) is 18. The van der Waals surface area contributed by atoms with Crippen LogP contribution in [0.5, 0.6) is 0 Å². The van der Waals surface area contributed by atoms with E-state index in [4.69, 9.17) is 18.9 Å². The number of ether oxygens (including phenoxy) is 4. The Labute approximate surface area is 459 Å². The average Bonchev–Trinajstić information content (AvgIpc) is 3.38. The number of hydrogen-bond acceptors (Lipinski definition) is 8. The normalized spacial score (nSPS) is 13.7. The van der Waals surface area contributed by atoms with Crippen molar-refractivity contribution in [2.24, 2.45) is 0 Å². The fourth-order valence-electron chi connectivity index (χ4n) is 7.63. The van der Waals surface area contributed by atoms with Crippen LogP contribution in [0.15, 0.2) is 122 Å². The van der Waals surface area contributed by atoms with Gasteiger partial charge < -0.3 is 33.3 Å². The summed E-state index contributed by atoms with van der Waals surface area (Å²) in [6, 6.07) is 0. The number of carboxylic acids is 1. The number of hydrogen-bond donors (Lipinski definition) is 0. The summed E-state index contributed by atoms with van der Waals surface area (Å²) in [4.78, 5) is 37.1. The predicted octanol–water partition coefficient (Wildman–Crippen LogP) is 16.3. The van der Waals surface area contributed by atoms with E-state index < -0.39 is 24.3 Å². The molecule has 0 spiro atoms. The maximum atomic E-state index is 12.8. The molecule has 0 amide bonds. The van der Waals surface area contributed by atoms with Gasteiger partial charge in [-0.05, 0) is 103 Å². The molecule has 0 aromatic rings. The summed E-state index contributed by atoms with van der Waals surface area (Å²) < 4.78 is 22.6. The summed E-state index contributed by atoms with van der Waals surface area (Å²) in [5.74, 6) is -2.31. The quantitative estimate of drug-likeness (QED) is 0.0195. The monoisotopic (exact) mass is 1040 g/mol. The molecule has 2 atom stereocenters.